The second-order valence-electron chi connectivity index (χ2n) is 3.43. The number of nitrogens with one attached hydrogen (secondary N) is 1. The van der Waals surface area contributed by atoms with E-state index in [1.54, 1.807) is 30.5 Å². The van der Waals surface area contributed by atoms with Crippen LogP contribution in [0.25, 0.3) is 0 Å². The van der Waals surface area contributed by atoms with E-state index in [9.17, 15) is 4.79 Å². The molecule has 1 aromatic heterocycles. The number of hydrogen-bond acceptors (Lipinski definition) is 5. The Kier molecular flexibility index (Phi) is 3.69. The maximum absolute atomic E-state index is 10.9. The van der Waals surface area contributed by atoms with Crippen molar-refractivity contribution in [2.24, 2.45) is 4.99 Å². The molecular weight excluding hydrogens is 256 g/mol. The minimum absolute atomic E-state index is 0.188. The molecule has 0 fully saturated rings. The molecule has 2 aromatic rings. The van der Waals surface area contributed by atoms with Crippen LogP contribution in [0.5, 0.6) is 0 Å². The Balaban J connectivity index is 2.16. The monoisotopic (exact) mass is 264 g/mol. The van der Waals surface area contributed by atoms with Crippen LogP contribution in [0.15, 0.2) is 33.9 Å². The Labute approximate surface area is 108 Å². The summed E-state index contributed by atoms with van der Waals surface area (Å²) < 4.78 is 4.50. The molecule has 0 radical (unpaired) electrons. The molecule has 0 unspecified atom stereocenters. The van der Waals surface area contributed by atoms with E-state index in [0.29, 0.717) is 5.02 Å². The highest BCUT2D eigenvalue weighted by Gasteiger charge is 2.09. The van der Waals surface area contributed by atoms with Crippen LogP contribution in [-0.4, -0.2) is 22.4 Å². The van der Waals surface area contributed by atoms with Gasteiger partial charge in [0.15, 0.2) is 0 Å². The van der Waals surface area contributed by atoms with Gasteiger partial charge in [0.2, 0.25) is 17.5 Å². The van der Waals surface area contributed by atoms with E-state index in [1.165, 1.54) is 6.92 Å². The number of carbonyl (C=O) groups is 1. The van der Waals surface area contributed by atoms with Gasteiger partial charge in [0.05, 0.1) is 0 Å². The van der Waals surface area contributed by atoms with Crippen LogP contribution in [0.1, 0.15) is 12.5 Å². The zero-order valence-electron chi connectivity index (χ0n) is 9.42. The van der Waals surface area contributed by atoms with Gasteiger partial charge in [0, 0.05) is 18.2 Å². The maximum Gasteiger partial charge on any atom is 0.241 e. The largest absolute Gasteiger partial charge is 0.305 e. The van der Waals surface area contributed by atoms with Gasteiger partial charge in [0.1, 0.15) is 0 Å². The average molecular weight is 265 g/mol. The number of aromatic nitrogens is 2. The third-order valence-corrected chi connectivity index (χ3v) is 2.22. The van der Waals surface area contributed by atoms with Crippen LogP contribution in [0.3, 0.4) is 0 Å². The summed E-state index contributed by atoms with van der Waals surface area (Å²) in [6.45, 7) is 1.36. The molecule has 0 spiro atoms. The van der Waals surface area contributed by atoms with Gasteiger partial charge in [0.25, 0.3) is 0 Å². The normalized spacial score (nSPS) is 10.8. The number of anilines is 1. The predicted octanol–water partition coefficient (Wildman–Crippen LogP) is 2.43. The third kappa shape index (κ3) is 3.14. The van der Waals surface area contributed by atoms with Gasteiger partial charge < -0.3 is 5.32 Å². The minimum Gasteiger partial charge on any atom is -0.305 e. The molecule has 6 nitrogen and oxygen atoms in total. The highest BCUT2D eigenvalue weighted by molar-refractivity contribution is 6.30. The molecule has 0 saturated carbocycles. The molecule has 7 heteroatoms. The van der Waals surface area contributed by atoms with Crippen molar-refractivity contribution in [2.45, 2.75) is 6.92 Å². The number of benzene rings is 1. The number of amides is 1. The van der Waals surface area contributed by atoms with Crippen molar-refractivity contribution < 1.29 is 9.42 Å². The molecule has 0 aliphatic heterocycles. The molecule has 92 valence electrons. The van der Waals surface area contributed by atoms with E-state index in [-0.39, 0.29) is 17.5 Å². The Morgan fingerprint density at radius 1 is 1.39 bits per heavy atom. The topological polar surface area (TPSA) is 80.4 Å². The second-order valence-corrected chi connectivity index (χ2v) is 3.86. The standard InChI is InChI=1S/C11H9ClN4O2/c1-7(17)14-11-10(15-18-16-11)13-6-8-2-4-9(12)5-3-8/h2-6H,1H3,(H,14,16,17). The molecular formula is C11H9ClN4O2. The number of aliphatic imine (C=N–C) groups is 1. The lowest BCUT2D eigenvalue weighted by molar-refractivity contribution is -0.114. The van der Waals surface area contributed by atoms with Crippen molar-refractivity contribution in [2.75, 3.05) is 5.32 Å². The van der Waals surface area contributed by atoms with Gasteiger partial charge >= 0.3 is 0 Å². The molecule has 1 N–H and O–H groups in total. The molecule has 18 heavy (non-hydrogen) atoms. The van der Waals surface area contributed by atoms with Crippen molar-refractivity contribution >= 4 is 35.4 Å². The van der Waals surface area contributed by atoms with Crippen LogP contribution in [0.2, 0.25) is 5.02 Å². The van der Waals surface area contributed by atoms with Crippen molar-refractivity contribution in [3.63, 3.8) is 0 Å². The first-order chi connectivity index (χ1) is 8.65. The molecule has 1 heterocycles. The fourth-order valence-corrected chi connectivity index (χ4v) is 1.32. The Morgan fingerprint density at radius 3 is 2.78 bits per heavy atom. The van der Waals surface area contributed by atoms with Gasteiger partial charge in [-0.2, -0.15) is 0 Å². The quantitative estimate of drug-likeness (QED) is 0.864. The third-order valence-electron chi connectivity index (χ3n) is 1.97. The van der Waals surface area contributed by atoms with Crippen molar-refractivity contribution in [3.05, 3.63) is 34.9 Å². The van der Waals surface area contributed by atoms with Crippen LogP contribution >= 0.6 is 11.6 Å². The lowest BCUT2D eigenvalue weighted by Crippen LogP contribution is -2.05. The molecule has 0 aliphatic carbocycles. The first-order valence-electron chi connectivity index (χ1n) is 5.05. The summed E-state index contributed by atoms with van der Waals surface area (Å²) in [4.78, 5) is 15.0. The Morgan fingerprint density at radius 2 is 2.11 bits per heavy atom. The predicted molar refractivity (Wildman–Crippen MR) is 67.3 cm³/mol. The van der Waals surface area contributed by atoms with E-state index in [4.69, 9.17) is 11.6 Å². The van der Waals surface area contributed by atoms with Gasteiger partial charge in [-0.25, -0.2) is 9.62 Å². The summed E-state index contributed by atoms with van der Waals surface area (Å²) >= 11 is 5.76. The van der Waals surface area contributed by atoms with Gasteiger partial charge in [-0.15, -0.1) is 0 Å². The van der Waals surface area contributed by atoms with Crippen LogP contribution in [-0.2, 0) is 4.79 Å². The summed E-state index contributed by atoms with van der Waals surface area (Å²) in [5.41, 5.74) is 0.844. The number of rotatable bonds is 3. The van der Waals surface area contributed by atoms with E-state index >= 15 is 0 Å². The highest BCUT2D eigenvalue weighted by Crippen LogP contribution is 2.19. The zero-order valence-corrected chi connectivity index (χ0v) is 10.2. The van der Waals surface area contributed by atoms with E-state index in [2.05, 4.69) is 25.3 Å². The molecule has 2 rings (SSSR count). The molecule has 1 amide bonds. The van der Waals surface area contributed by atoms with Crippen molar-refractivity contribution in [1.82, 2.24) is 10.3 Å². The number of carbonyl (C=O) groups excluding carboxylic acids is 1. The Hall–Kier alpha value is -2.21. The number of nitrogens with zero attached hydrogens (tertiary/aromatic N) is 3. The average Bonchev–Trinajstić information content (AvgIpc) is 2.75. The Bertz CT molecular complexity index is 577. The molecule has 0 bridgehead atoms. The van der Waals surface area contributed by atoms with Crippen LogP contribution in [0.4, 0.5) is 11.6 Å². The van der Waals surface area contributed by atoms with Gasteiger partial charge in [-0.3, -0.25) is 4.79 Å². The summed E-state index contributed by atoms with van der Waals surface area (Å²) in [6.07, 6.45) is 1.57. The smallest absolute Gasteiger partial charge is 0.241 e. The van der Waals surface area contributed by atoms with Crippen molar-refractivity contribution in [1.29, 1.82) is 0 Å². The number of halogens is 1. The summed E-state index contributed by atoms with van der Waals surface area (Å²) in [6, 6.07) is 7.10. The summed E-state index contributed by atoms with van der Waals surface area (Å²) in [5.74, 6) is 0.126. The molecule has 1 aromatic carbocycles. The second kappa shape index (κ2) is 5.42. The van der Waals surface area contributed by atoms with Gasteiger partial charge in [-0.05, 0) is 28.0 Å². The lowest BCUT2D eigenvalue weighted by Gasteiger charge is -1.95. The number of hydrogen-bond donors (Lipinski definition) is 1. The van der Waals surface area contributed by atoms with Gasteiger partial charge in [-0.1, -0.05) is 23.7 Å². The fourth-order valence-electron chi connectivity index (χ4n) is 1.20. The lowest BCUT2D eigenvalue weighted by atomic mass is 10.2. The fraction of sp³-hybridized carbons (Fsp3) is 0.0909. The molecule has 0 saturated heterocycles. The SMILES string of the molecule is CC(=O)Nc1nonc1N=Cc1ccc(Cl)cc1. The van der Waals surface area contributed by atoms with Crippen molar-refractivity contribution in [3.8, 4) is 0 Å². The van der Waals surface area contributed by atoms with Crippen LogP contribution in [0, 0.1) is 0 Å². The zero-order chi connectivity index (χ0) is 13.0. The van der Waals surface area contributed by atoms with Crippen LogP contribution < -0.4 is 5.32 Å². The summed E-state index contributed by atoms with van der Waals surface area (Å²) in [5, 5.41) is 10.2. The van der Waals surface area contributed by atoms with E-state index in [1.807, 2.05) is 0 Å². The maximum atomic E-state index is 10.9. The van der Waals surface area contributed by atoms with E-state index in [0.717, 1.165) is 5.56 Å². The van der Waals surface area contributed by atoms with E-state index < -0.39 is 0 Å². The highest BCUT2D eigenvalue weighted by atomic mass is 35.5. The molecule has 0 atom stereocenters. The first kappa shape index (κ1) is 12.3. The molecule has 0 aliphatic rings. The first-order valence-corrected chi connectivity index (χ1v) is 5.43. The minimum atomic E-state index is -0.270. The summed E-state index contributed by atoms with van der Waals surface area (Å²) in [7, 11) is 0.